The highest BCUT2D eigenvalue weighted by Gasteiger charge is 2.34. The molecule has 0 radical (unpaired) electrons. The minimum Gasteiger partial charge on any atom is -0.337 e. The lowest BCUT2D eigenvalue weighted by molar-refractivity contribution is -0.127. The van der Waals surface area contributed by atoms with Crippen LogP contribution in [0.5, 0.6) is 0 Å². The molecule has 1 atom stereocenters. The second-order valence-electron chi connectivity index (χ2n) is 9.23. The van der Waals surface area contributed by atoms with E-state index >= 15 is 0 Å². The Morgan fingerprint density at radius 3 is 2.31 bits per heavy atom. The fourth-order valence-electron chi connectivity index (χ4n) is 4.87. The summed E-state index contributed by atoms with van der Waals surface area (Å²) in [6.07, 6.45) is 6.17. The predicted molar refractivity (Wildman–Crippen MR) is 137 cm³/mol. The van der Waals surface area contributed by atoms with Crippen LogP contribution in [0.3, 0.4) is 0 Å². The lowest BCUT2D eigenvalue weighted by Gasteiger charge is -2.37. The lowest BCUT2D eigenvalue weighted by Crippen LogP contribution is -2.52. The van der Waals surface area contributed by atoms with E-state index < -0.39 is 9.84 Å². The SMILES string of the molecule is O=C(C=Cc1cn(Cc2ccccc2)nc1-c1ccccc1)N1CCN(C2CCS(=O)(=O)C2)CC1. The quantitative estimate of drug-likeness (QED) is 0.497. The van der Waals surface area contributed by atoms with Crippen molar-refractivity contribution in [3.63, 3.8) is 0 Å². The summed E-state index contributed by atoms with van der Waals surface area (Å²) in [7, 11) is -2.90. The number of hydrogen-bond acceptors (Lipinski definition) is 5. The number of amides is 1. The topological polar surface area (TPSA) is 75.5 Å². The number of carbonyl (C=O) groups excluding carboxylic acids is 1. The summed E-state index contributed by atoms with van der Waals surface area (Å²) in [6.45, 7) is 3.30. The van der Waals surface area contributed by atoms with Gasteiger partial charge in [0.25, 0.3) is 0 Å². The van der Waals surface area contributed by atoms with Gasteiger partial charge in [-0.3, -0.25) is 14.4 Å². The molecule has 3 heterocycles. The van der Waals surface area contributed by atoms with E-state index in [0.29, 0.717) is 39.1 Å². The van der Waals surface area contributed by atoms with Gasteiger partial charge in [0.15, 0.2) is 9.84 Å². The Labute approximate surface area is 206 Å². The Balaban J connectivity index is 1.27. The van der Waals surface area contributed by atoms with Crippen molar-refractivity contribution < 1.29 is 13.2 Å². The Bertz CT molecular complexity index is 1290. The van der Waals surface area contributed by atoms with Crippen LogP contribution >= 0.6 is 0 Å². The van der Waals surface area contributed by atoms with Crippen molar-refractivity contribution in [3.05, 3.63) is 84.1 Å². The van der Waals surface area contributed by atoms with E-state index in [1.54, 1.807) is 6.08 Å². The minimum atomic E-state index is -2.90. The van der Waals surface area contributed by atoms with Gasteiger partial charge in [-0.25, -0.2) is 8.42 Å². The standard InChI is InChI=1S/C27H30N4O3S/c32-26(30-16-14-29(15-17-30)25-13-18-35(33,34)21-25)12-11-24-20-31(19-22-7-3-1-4-8-22)28-27(24)23-9-5-2-6-10-23/h1-12,20,25H,13-19,21H2. The molecule has 5 rings (SSSR count). The summed E-state index contributed by atoms with van der Waals surface area (Å²) in [5.41, 5.74) is 3.91. The Morgan fingerprint density at radius 1 is 0.971 bits per heavy atom. The van der Waals surface area contributed by atoms with Crippen LogP contribution in [0.2, 0.25) is 0 Å². The van der Waals surface area contributed by atoms with E-state index in [1.807, 2.05) is 70.4 Å². The van der Waals surface area contributed by atoms with E-state index in [2.05, 4.69) is 17.0 Å². The van der Waals surface area contributed by atoms with E-state index in [9.17, 15) is 13.2 Å². The largest absolute Gasteiger partial charge is 0.337 e. The van der Waals surface area contributed by atoms with Gasteiger partial charge in [0.1, 0.15) is 0 Å². The van der Waals surface area contributed by atoms with Crippen LogP contribution in [0, 0.1) is 0 Å². The van der Waals surface area contributed by atoms with E-state index in [-0.39, 0.29) is 23.5 Å². The second kappa shape index (κ2) is 10.2. The van der Waals surface area contributed by atoms with Crippen molar-refractivity contribution >= 4 is 21.8 Å². The van der Waals surface area contributed by atoms with Crippen molar-refractivity contribution in [2.24, 2.45) is 0 Å². The second-order valence-corrected chi connectivity index (χ2v) is 11.5. The van der Waals surface area contributed by atoms with Gasteiger partial charge in [0.05, 0.1) is 23.7 Å². The van der Waals surface area contributed by atoms with Crippen LogP contribution in [0.1, 0.15) is 17.5 Å². The molecule has 2 aliphatic rings. The lowest BCUT2D eigenvalue weighted by atomic mass is 10.1. The summed E-state index contributed by atoms with van der Waals surface area (Å²) in [4.78, 5) is 17.0. The first-order chi connectivity index (χ1) is 17.0. The Hall–Kier alpha value is -3.23. The number of carbonyl (C=O) groups is 1. The van der Waals surface area contributed by atoms with Crippen molar-refractivity contribution in [3.8, 4) is 11.3 Å². The number of benzene rings is 2. The van der Waals surface area contributed by atoms with Gasteiger partial charge in [0.2, 0.25) is 5.91 Å². The first-order valence-electron chi connectivity index (χ1n) is 12.1. The van der Waals surface area contributed by atoms with Crippen LogP contribution < -0.4 is 0 Å². The fraction of sp³-hybridized carbons (Fsp3) is 0.333. The predicted octanol–water partition coefficient (Wildman–Crippen LogP) is 2.94. The molecule has 2 aromatic carbocycles. The third kappa shape index (κ3) is 5.71. The number of aromatic nitrogens is 2. The molecule has 0 saturated carbocycles. The maximum Gasteiger partial charge on any atom is 0.246 e. The highest BCUT2D eigenvalue weighted by Crippen LogP contribution is 2.24. The summed E-state index contributed by atoms with van der Waals surface area (Å²) in [6, 6.07) is 20.3. The molecule has 182 valence electrons. The number of nitrogens with zero attached hydrogens (tertiary/aromatic N) is 4. The van der Waals surface area contributed by atoms with Gasteiger partial charge in [-0.05, 0) is 18.1 Å². The maximum atomic E-state index is 12.9. The fourth-order valence-corrected chi connectivity index (χ4v) is 6.63. The first kappa shape index (κ1) is 23.5. The molecule has 1 amide bonds. The normalized spacial score (nSPS) is 20.5. The van der Waals surface area contributed by atoms with E-state index in [4.69, 9.17) is 5.10 Å². The monoisotopic (exact) mass is 490 g/mol. The summed E-state index contributed by atoms with van der Waals surface area (Å²) in [5.74, 6) is 0.496. The highest BCUT2D eigenvalue weighted by molar-refractivity contribution is 7.91. The molecule has 2 aliphatic heterocycles. The number of hydrogen-bond donors (Lipinski definition) is 0. The smallest absolute Gasteiger partial charge is 0.246 e. The number of sulfone groups is 1. The van der Waals surface area contributed by atoms with Crippen LogP contribution in [-0.4, -0.2) is 77.6 Å². The molecular formula is C27H30N4O3S. The molecule has 3 aromatic rings. The zero-order valence-electron chi connectivity index (χ0n) is 19.7. The van der Waals surface area contributed by atoms with Crippen LogP contribution in [0.15, 0.2) is 72.9 Å². The van der Waals surface area contributed by atoms with Crippen LogP contribution in [-0.2, 0) is 21.2 Å². The summed E-state index contributed by atoms with van der Waals surface area (Å²) < 4.78 is 25.5. The van der Waals surface area contributed by atoms with Crippen molar-refractivity contribution in [1.82, 2.24) is 19.6 Å². The van der Waals surface area contributed by atoms with Gasteiger partial charge in [-0.2, -0.15) is 5.10 Å². The van der Waals surface area contributed by atoms with Gasteiger partial charge in [-0.1, -0.05) is 60.7 Å². The molecular weight excluding hydrogens is 460 g/mol. The third-order valence-electron chi connectivity index (χ3n) is 6.78. The van der Waals surface area contributed by atoms with Gasteiger partial charge >= 0.3 is 0 Å². The zero-order chi connectivity index (χ0) is 24.3. The number of piperazine rings is 1. The minimum absolute atomic E-state index is 0.0292. The van der Waals surface area contributed by atoms with Crippen molar-refractivity contribution in [1.29, 1.82) is 0 Å². The highest BCUT2D eigenvalue weighted by atomic mass is 32.2. The molecule has 0 aliphatic carbocycles. The Kier molecular flexibility index (Phi) is 6.83. The molecule has 2 fully saturated rings. The third-order valence-corrected chi connectivity index (χ3v) is 8.53. The zero-order valence-corrected chi connectivity index (χ0v) is 20.5. The van der Waals surface area contributed by atoms with Crippen molar-refractivity contribution in [2.45, 2.75) is 19.0 Å². The average molecular weight is 491 g/mol. The van der Waals surface area contributed by atoms with Gasteiger partial charge in [0, 0.05) is 55.6 Å². The molecule has 2 saturated heterocycles. The molecule has 8 heteroatoms. The van der Waals surface area contributed by atoms with E-state index in [1.165, 1.54) is 0 Å². The summed E-state index contributed by atoms with van der Waals surface area (Å²) in [5, 5.41) is 4.82. The molecule has 0 spiro atoms. The van der Waals surface area contributed by atoms with Crippen LogP contribution in [0.4, 0.5) is 0 Å². The average Bonchev–Trinajstić information content (AvgIpc) is 3.46. The summed E-state index contributed by atoms with van der Waals surface area (Å²) >= 11 is 0. The molecule has 0 N–H and O–H groups in total. The van der Waals surface area contributed by atoms with E-state index in [0.717, 1.165) is 22.4 Å². The van der Waals surface area contributed by atoms with Crippen LogP contribution in [0.25, 0.3) is 17.3 Å². The van der Waals surface area contributed by atoms with Crippen molar-refractivity contribution in [2.75, 3.05) is 37.7 Å². The van der Waals surface area contributed by atoms with Gasteiger partial charge in [-0.15, -0.1) is 0 Å². The molecule has 35 heavy (non-hydrogen) atoms. The molecule has 0 bridgehead atoms. The Morgan fingerprint density at radius 2 is 1.66 bits per heavy atom. The molecule has 7 nitrogen and oxygen atoms in total. The van der Waals surface area contributed by atoms with Gasteiger partial charge < -0.3 is 4.90 Å². The maximum absolute atomic E-state index is 12.9. The number of rotatable bonds is 6. The molecule has 1 aromatic heterocycles. The molecule has 1 unspecified atom stereocenters. The first-order valence-corrected chi connectivity index (χ1v) is 13.9.